The minimum absolute atomic E-state index is 0.000513. The van der Waals surface area contributed by atoms with E-state index < -0.39 is 21.6 Å². The van der Waals surface area contributed by atoms with Gasteiger partial charge in [-0.15, -0.1) is 0 Å². The van der Waals surface area contributed by atoms with Gasteiger partial charge in [0, 0.05) is 61.8 Å². The normalized spacial score (nSPS) is 21.4. The minimum atomic E-state index is -4.43. The lowest BCUT2D eigenvalue weighted by Gasteiger charge is -2.37. The molecular formula is C24H28F3N5O2S. The molecule has 0 bridgehead atoms. The molecule has 188 valence electrons. The Morgan fingerprint density at radius 2 is 1.60 bits per heavy atom. The first kappa shape index (κ1) is 23.9. The predicted molar refractivity (Wildman–Crippen MR) is 130 cm³/mol. The molecule has 5 rings (SSSR count). The molecule has 1 saturated heterocycles. The molecule has 3 aromatic rings. The highest BCUT2D eigenvalue weighted by Gasteiger charge is 2.38. The summed E-state index contributed by atoms with van der Waals surface area (Å²) in [5.41, 5.74) is 0.684. The second kappa shape index (κ2) is 8.70. The number of rotatable bonds is 5. The van der Waals surface area contributed by atoms with Crippen molar-refractivity contribution >= 4 is 32.4 Å². The van der Waals surface area contributed by atoms with Crippen molar-refractivity contribution in [3.63, 3.8) is 0 Å². The van der Waals surface area contributed by atoms with E-state index in [0.29, 0.717) is 43.7 Å². The Morgan fingerprint density at radius 3 is 2.17 bits per heavy atom. The number of pyridine rings is 1. The van der Waals surface area contributed by atoms with Gasteiger partial charge in [-0.1, -0.05) is 0 Å². The van der Waals surface area contributed by atoms with Crippen LogP contribution in [0.4, 0.5) is 24.7 Å². The molecule has 2 fully saturated rings. The first-order chi connectivity index (χ1) is 16.5. The van der Waals surface area contributed by atoms with Crippen LogP contribution in [-0.2, 0) is 16.0 Å². The number of anilines is 2. The molecule has 1 N–H and O–H groups in total. The lowest BCUT2D eigenvalue weighted by atomic mass is 9.87. The Hall–Kier alpha value is -2.79. The summed E-state index contributed by atoms with van der Waals surface area (Å²) >= 11 is 0. The highest BCUT2D eigenvalue weighted by Crippen LogP contribution is 2.41. The number of halogens is 3. The highest BCUT2D eigenvalue weighted by atomic mass is 32.2. The Labute approximate surface area is 202 Å². The molecule has 0 amide bonds. The van der Waals surface area contributed by atoms with E-state index in [1.807, 2.05) is 7.05 Å². The molecule has 7 nitrogen and oxygen atoms in total. The summed E-state index contributed by atoms with van der Waals surface area (Å²) in [5, 5.41) is 3.32. The van der Waals surface area contributed by atoms with Crippen LogP contribution in [0.3, 0.4) is 0 Å². The highest BCUT2D eigenvalue weighted by molar-refractivity contribution is 7.90. The topological polar surface area (TPSA) is 70.5 Å². The van der Waals surface area contributed by atoms with Crippen LogP contribution >= 0.6 is 0 Å². The zero-order chi connectivity index (χ0) is 25.0. The molecule has 1 aliphatic carbocycles. The Bertz CT molecular complexity index is 1320. The van der Waals surface area contributed by atoms with Crippen LogP contribution in [0.1, 0.15) is 24.4 Å². The van der Waals surface area contributed by atoms with Gasteiger partial charge >= 0.3 is 6.18 Å². The van der Waals surface area contributed by atoms with Crippen LogP contribution in [0.25, 0.3) is 11.0 Å². The maximum atomic E-state index is 13.7. The summed E-state index contributed by atoms with van der Waals surface area (Å²) in [5.74, 6) is 0.669. The van der Waals surface area contributed by atoms with Crippen LogP contribution in [0.5, 0.6) is 0 Å². The van der Waals surface area contributed by atoms with Crippen molar-refractivity contribution in [3.05, 3.63) is 48.2 Å². The summed E-state index contributed by atoms with van der Waals surface area (Å²) < 4.78 is 66.2. The van der Waals surface area contributed by atoms with Gasteiger partial charge in [0.1, 0.15) is 11.5 Å². The van der Waals surface area contributed by atoms with E-state index in [9.17, 15) is 21.6 Å². The van der Waals surface area contributed by atoms with Crippen molar-refractivity contribution in [1.29, 1.82) is 0 Å². The van der Waals surface area contributed by atoms with Crippen LogP contribution in [-0.4, -0.2) is 63.5 Å². The van der Waals surface area contributed by atoms with Crippen molar-refractivity contribution in [2.45, 2.75) is 36.0 Å². The number of aromatic nitrogens is 2. The number of hydrogen-bond acceptors (Lipinski definition) is 6. The van der Waals surface area contributed by atoms with Gasteiger partial charge in [-0.3, -0.25) is 0 Å². The second-order valence-corrected chi connectivity index (χ2v) is 11.4. The number of piperazine rings is 1. The number of hydrogen-bond donors (Lipinski definition) is 1. The van der Waals surface area contributed by atoms with E-state index in [2.05, 4.69) is 15.1 Å². The van der Waals surface area contributed by atoms with Crippen molar-refractivity contribution in [2.75, 3.05) is 49.3 Å². The second-order valence-electron chi connectivity index (χ2n) is 9.34. The number of nitrogens with one attached hydrogen (secondary N) is 1. The average molecular weight is 508 g/mol. The molecule has 2 aromatic heterocycles. The fraction of sp³-hybridized carbons (Fsp3) is 0.458. The maximum Gasteiger partial charge on any atom is 0.418 e. The number of benzene rings is 1. The quantitative estimate of drug-likeness (QED) is 0.568. The van der Waals surface area contributed by atoms with E-state index in [1.54, 1.807) is 41.0 Å². The summed E-state index contributed by atoms with van der Waals surface area (Å²) in [6.07, 6.45) is -0.476. The molecule has 1 aromatic carbocycles. The smallest absolute Gasteiger partial charge is 0.368 e. The van der Waals surface area contributed by atoms with E-state index in [1.165, 1.54) is 12.5 Å². The van der Waals surface area contributed by atoms with Gasteiger partial charge in [-0.05, 0) is 56.3 Å². The average Bonchev–Trinajstić information content (AvgIpc) is 3.17. The van der Waals surface area contributed by atoms with Gasteiger partial charge in [-0.2, -0.15) is 13.2 Å². The van der Waals surface area contributed by atoms with Gasteiger partial charge in [0.15, 0.2) is 9.84 Å². The first-order valence-electron chi connectivity index (χ1n) is 11.6. The molecule has 1 aliphatic heterocycles. The van der Waals surface area contributed by atoms with Crippen LogP contribution in [0.2, 0.25) is 0 Å². The third-order valence-electron chi connectivity index (χ3n) is 7.12. The summed E-state index contributed by atoms with van der Waals surface area (Å²) in [4.78, 5) is 9.24. The SMILES string of the molecule is CN[C@H]1C[C@@H](n2cc(C(F)(F)F)c3ccc(N4CCN(c5ccc(S(C)(=O)=O)cc5)CC4)nc32)C1. The number of nitrogens with zero attached hydrogens (tertiary/aromatic N) is 4. The third kappa shape index (κ3) is 4.58. The molecule has 11 heteroatoms. The molecule has 0 atom stereocenters. The fourth-order valence-electron chi connectivity index (χ4n) is 4.94. The van der Waals surface area contributed by atoms with Crippen molar-refractivity contribution < 1.29 is 21.6 Å². The molecule has 0 radical (unpaired) electrons. The molecule has 0 spiro atoms. The Kier molecular flexibility index (Phi) is 5.95. The van der Waals surface area contributed by atoms with Crippen molar-refractivity contribution in [2.24, 2.45) is 0 Å². The number of sulfone groups is 1. The number of fused-ring (bicyclic) bond motifs is 1. The molecular weight excluding hydrogens is 479 g/mol. The first-order valence-corrected chi connectivity index (χ1v) is 13.5. The summed E-state index contributed by atoms with van der Waals surface area (Å²) in [7, 11) is -1.38. The van der Waals surface area contributed by atoms with Crippen molar-refractivity contribution in [1.82, 2.24) is 14.9 Å². The predicted octanol–water partition coefficient (Wildman–Crippen LogP) is 3.71. The monoisotopic (exact) mass is 507 g/mol. The van der Waals surface area contributed by atoms with E-state index in [0.717, 1.165) is 18.5 Å². The Morgan fingerprint density at radius 1 is 0.971 bits per heavy atom. The zero-order valence-corrected chi connectivity index (χ0v) is 20.4. The van der Waals surface area contributed by atoms with Gasteiger partial charge in [0.05, 0.1) is 10.5 Å². The van der Waals surface area contributed by atoms with E-state index >= 15 is 0 Å². The summed E-state index contributed by atoms with van der Waals surface area (Å²) in [6, 6.07) is 10.4. The van der Waals surface area contributed by atoms with Gasteiger partial charge in [0.25, 0.3) is 0 Å². The number of alkyl halides is 3. The lowest BCUT2D eigenvalue weighted by molar-refractivity contribution is -0.136. The molecule has 35 heavy (non-hydrogen) atoms. The van der Waals surface area contributed by atoms with Crippen molar-refractivity contribution in [3.8, 4) is 0 Å². The van der Waals surface area contributed by atoms with Crippen LogP contribution < -0.4 is 15.1 Å². The standard InChI is InChI=1S/C24H28F3N5O2S/c1-28-16-13-18(14-16)32-15-21(24(25,26)27)20-7-8-22(29-23(20)32)31-11-9-30(10-12-31)17-3-5-19(6-4-17)35(2,33)34/h3-8,15-16,18,28H,9-14H2,1-2H3/t16-,18+. The van der Waals surface area contributed by atoms with Gasteiger partial charge in [0.2, 0.25) is 0 Å². The molecule has 2 aliphatic rings. The summed E-state index contributed by atoms with van der Waals surface area (Å²) in [6.45, 7) is 2.70. The third-order valence-corrected chi connectivity index (χ3v) is 8.25. The molecule has 0 unspecified atom stereocenters. The maximum absolute atomic E-state index is 13.7. The minimum Gasteiger partial charge on any atom is -0.368 e. The van der Waals surface area contributed by atoms with Crippen LogP contribution in [0.15, 0.2) is 47.5 Å². The zero-order valence-electron chi connectivity index (χ0n) is 19.6. The van der Waals surface area contributed by atoms with Crippen LogP contribution in [0, 0.1) is 0 Å². The molecule has 1 saturated carbocycles. The molecule has 3 heterocycles. The van der Waals surface area contributed by atoms with Gasteiger partial charge < -0.3 is 19.7 Å². The van der Waals surface area contributed by atoms with Gasteiger partial charge in [-0.25, -0.2) is 13.4 Å². The fourth-order valence-corrected chi connectivity index (χ4v) is 5.57. The van der Waals surface area contributed by atoms with E-state index in [4.69, 9.17) is 4.98 Å². The largest absolute Gasteiger partial charge is 0.418 e. The van der Waals surface area contributed by atoms with E-state index in [-0.39, 0.29) is 16.3 Å². The Balaban J connectivity index is 1.36. The lowest BCUT2D eigenvalue weighted by Crippen LogP contribution is -2.46.